The fourth-order valence-electron chi connectivity index (χ4n) is 5.29. The highest BCUT2D eigenvalue weighted by atomic mass is 32.1. The van der Waals surface area contributed by atoms with Crippen molar-refractivity contribution in [1.82, 2.24) is 9.80 Å². The smallest absolute Gasteiger partial charge is 0.263 e. The molecule has 1 aromatic carbocycles. The van der Waals surface area contributed by atoms with Gasteiger partial charge in [-0.15, -0.1) is 11.3 Å². The number of fused-ring (bicyclic) bond motifs is 2. The quantitative estimate of drug-likeness (QED) is 0.719. The number of carbonyl (C=O) groups is 2. The average Bonchev–Trinajstić information content (AvgIpc) is 3.37. The largest absolute Gasteiger partial charge is 0.343 e. The molecule has 1 atom stereocenters. The maximum absolute atomic E-state index is 12.8. The molecule has 0 saturated carbocycles. The number of carbonyl (C=O) groups excluding carboxylic acids is 2. The second-order valence-electron chi connectivity index (χ2n) is 8.31. The Kier molecular flexibility index (Phi) is 5.77. The van der Waals surface area contributed by atoms with Crippen molar-refractivity contribution in [2.24, 2.45) is 0 Å². The Balaban J connectivity index is 1.50. The Hall–Kier alpha value is -2.14. The van der Waals surface area contributed by atoms with E-state index >= 15 is 0 Å². The number of thiophene rings is 1. The fraction of sp³-hybridized carbons (Fsp3) is 0.500. The van der Waals surface area contributed by atoms with E-state index in [1.165, 1.54) is 22.5 Å². The summed E-state index contributed by atoms with van der Waals surface area (Å²) in [6.07, 6.45) is 3.59. The number of amides is 2. The maximum Gasteiger partial charge on any atom is 0.263 e. The molecule has 4 nitrogen and oxygen atoms in total. The van der Waals surface area contributed by atoms with Gasteiger partial charge in [0.2, 0.25) is 5.91 Å². The lowest BCUT2D eigenvalue weighted by atomic mass is 9.73. The molecule has 1 aliphatic carbocycles. The molecule has 0 bridgehead atoms. The van der Waals surface area contributed by atoms with E-state index in [9.17, 15) is 9.59 Å². The Morgan fingerprint density at radius 2 is 1.83 bits per heavy atom. The van der Waals surface area contributed by atoms with Crippen molar-refractivity contribution in [2.75, 3.05) is 26.2 Å². The Labute approximate surface area is 177 Å². The van der Waals surface area contributed by atoms with Gasteiger partial charge in [0, 0.05) is 32.6 Å². The molecule has 0 radical (unpaired) electrons. The van der Waals surface area contributed by atoms with Gasteiger partial charge >= 0.3 is 0 Å². The molecule has 154 valence electrons. The lowest BCUT2D eigenvalue weighted by Gasteiger charge is -2.40. The highest BCUT2D eigenvalue weighted by molar-refractivity contribution is 7.12. The van der Waals surface area contributed by atoms with Gasteiger partial charge in [0.05, 0.1) is 4.88 Å². The van der Waals surface area contributed by atoms with Gasteiger partial charge in [-0.1, -0.05) is 30.3 Å². The van der Waals surface area contributed by atoms with E-state index in [1.54, 1.807) is 0 Å². The van der Waals surface area contributed by atoms with Gasteiger partial charge < -0.3 is 9.80 Å². The van der Waals surface area contributed by atoms with Crippen LogP contribution in [0.1, 0.15) is 66.2 Å². The molecular weight excluding hydrogens is 380 g/mol. The Bertz CT molecular complexity index is 865. The first kappa shape index (κ1) is 20.1. The van der Waals surface area contributed by atoms with Gasteiger partial charge in [0.15, 0.2) is 0 Å². The van der Waals surface area contributed by atoms with Crippen LogP contribution < -0.4 is 0 Å². The second kappa shape index (κ2) is 8.31. The zero-order valence-electron chi connectivity index (χ0n) is 17.4. The molecule has 1 spiro atoms. The third-order valence-electron chi connectivity index (χ3n) is 6.89. The van der Waals surface area contributed by atoms with Crippen LogP contribution in [0.2, 0.25) is 0 Å². The van der Waals surface area contributed by atoms with E-state index < -0.39 is 0 Å². The summed E-state index contributed by atoms with van der Waals surface area (Å²) in [5.74, 6) is 0.713. The number of hydrogen-bond acceptors (Lipinski definition) is 3. The van der Waals surface area contributed by atoms with Crippen molar-refractivity contribution >= 4 is 23.2 Å². The molecular formula is C24H30N2O2S. The molecule has 0 N–H and O–H groups in total. The lowest BCUT2D eigenvalue weighted by Crippen LogP contribution is -2.44. The van der Waals surface area contributed by atoms with Crippen molar-refractivity contribution in [3.8, 4) is 0 Å². The van der Waals surface area contributed by atoms with Crippen LogP contribution in [0, 0.1) is 0 Å². The van der Waals surface area contributed by atoms with Crippen molar-refractivity contribution in [1.29, 1.82) is 0 Å². The van der Waals surface area contributed by atoms with Crippen LogP contribution in [-0.2, 0) is 10.2 Å². The average molecular weight is 411 g/mol. The van der Waals surface area contributed by atoms with E-state index in [-0.39, 0.29) is 17.2 Å². The predicted molar refractivity (Wildman–Crippen MR) is 117 cm³/mol. The third kappa shape index (κ3) is 3.73. The summed E-state index contributed by atoms with van der Waals surface area (Å²) in [6, 6.07) is 12.5. The normalized spacial score (nSPS) is 19.9. The van der Waals surface area contributed by atoms with Crippen molar-refractivity contribution in [3.05, 3.63) is 57.8 Å². The Morgan fingerprint density at radius 1 is 1.10 bits per heavy atom. The molecule has 4 rings (SSSR count). The molecule has 1 aromatic heterocycles. The summed E-state index contributed by atoms with van der Waals surface area (Å²) in [4.78, 5) is 30.3. The lowest BCUT2D eigenvalue weighted by molar-refractivity contribution is -0.131. The minimum atomic E-state index is 0.108. The number of hydrogen-bond donors (Lipinski definition) is 0. The van der Waals surface area contributed by atoms with Crippen LogP contribution in [0.15, 0.2) is 41.8 Å². The number of nitrogens with zero attached hydrogens (tertiary/aromatic N) is 2. The molecule has 1 fully saturated rings. The van der Waals surface area contributed by atoms with Gasteiger partial charge in [-0.05, 0) is 67.0 Å². The van der Waals surface area contributed by atoms with Crippen LogP contribution in [0.4, 0.5) is 0 Å². The maximum atomic E-state index is 12.8. The zero-order chi connectivity index (χ0) is 20.4. The molecule has 2 heterocycles. The molecule has 1 saturated heterocycles. The summed E-state index contributed by atoms with van der Waals surface area (Å²) in [5, 5.41) is 1.96. The van der Waals surface area contributed by atoms with Crippen LogP contribution in [-0.4, -0.2) is 47.8 Å². The van der Waals surface area contributed by atoms with Crippen molar-refractivity contribution < 1.29 is 9.59 Å². The van der Waals surface area contributed by atoms with Crippen LogP contribution in [0.5, 0.6) is 0 Å². The summed E-state index contributed by atoms with van der Waals surface area (Å²) in [7, 11) is 0. The van der Waals surface area contributed by atoms with E-state index in [1.807, 2.05) is 41.2 Å². The van der Waals surface area contributed by atoms with Gasteiger partial charge in [0.25, 0.3) is 5.91 Å². The predicted octanol–water partition coefficient (Wildman–Crippen LogP) is 4.67. The molecule has 29 heavy (non-hydrogen) atoms. The first-order chi connectivity index (χ1) is 14.1. The molecule has 2 aliphatic rings. The van der Waals surface area contributed by atoms with E-state index in [4.69, 9.17) is 0 Å². The first-order valence-electron chi connectivity index (χ1n) is 10.8. The number of likely N-dealkylation sites (tertiary alicyclic amines) is 1. The fourth-order valence-corrected chi connectivity index (χ4v) is 5.98. The van der Waals surface area contributed by atoms with Gasteiger partial charge in [-0.25, -0.2) is 0 Å². The topological polar surface area (TPSA) is 40.6 Å². The highest BCUT2D eigenvalue weighted by Gasteiger charge is 2.46. The van der Waals surface area contributed by atoms with Crippen LogP contribution in [0.3, 0.4) is 0 Å². The summed E-state index contributed by atoms with van der Waals surface area (Å²) < 4.78 is 0. The summed E-state index contributed by atoms with van der Waals surface area (Å²) >= 11 is 1.52. The highest BCUT2D eigenvalue weighted by Crippen LogP contribution is 2.52. The number of piperidine rings is 1. The van der Waals surface area contributed by atoms with E-state index in [0.29, 0.717) is 12.3 Å². The molecule has 1 aliphatic heterocycles. The standard InChI is InChI=1S/C24H30N2O2S/c1-3-25(4-2)22(27)16-18-17-24(20-9-6-5-8-19(18)20)11-13-26(14-12-24)23(28)21-10-7-15-29-21/h5-10,15,18H,3-4,11-14,16-17H2,1-2H3/t18-/m1/s1. The van der Waals surface area contributed by atoms with Crippen molar-refractivity contribution in [2.45, 2.75) is 50.9 Å². The molecule has 5 heteroatoms. The third-order valence-corrected chi connectivity index (χ3v) is 7.74. The minimum absolute atomic E-state index is 0.108. The monoisotopic (exact) mass is 410 g/mol. The van der Waals surface area contributed by atoms with Crippen LogP contribution >= 0.6 is 11.3 Å². The van der Waals surface area contributed by atoms with Gasteiger partial charge in [-0.3, -0.25) is 9.59 Å². The minimum Gasteiger partial charge on any atom is -0.343 e. The van der Waals surface area contributed by atoms with Gasteiger partial charge in [-0.2, -0.15) is 0 Å². The molecule has 2 amide bonds. The summed E-state index contributed by atoms with van der Waals surface area (Å²) in [6.45, 7) is 7.23. The van der Waals surface area contributed by atoms with Crippen molar-refractivity contribution in [3.63, 3.8) is 0 Å². The van der Waals surface area contributed by atoms with E-state index in [2.05, 4.69) is 24.3 Å². The zero-order valence-corrected chi connectivity index (χ0v) is 18.2. The van der Waals surface area contributed by atoms with E-state index in [0.717, 1.165) is 50.3 Å². The summed E-state index contributed by atoms with van der Waals surface area (Å²) in [5.41, 5.74) is 2.88. The molecule has 2 aromatic rings. The van der Waals surface area contributed by atoms with Crippen LogP contribution in [0.25, 0.3) is 0 Å². The number of rotatable bonds is 5. The van der Waals surface area contributed by atoms with Gasteiger partial charge in [0.1, 0.15) is 0 Å². The number of benzene rings is 1. The second-order valence-corrected chi connectivity index (χ2v) is 9.26. The first-order valence-corrected chi connectivity index (χ1v) is 11.7. The molecule has 0 unspecified atom stereocenters. The SMILES string of the molecule is CCN(CC)C(=O)C[C@@H]1CC2(CCN(C(=O)c3cccs3)CC2)c2ccccc21. The Morgan fingerprint density at radius 3 is 2.48 bits per heavy atom.